The molecule has 1 saturated carbocycles. The first-order valence-electron chi connectivity index (χ1n) is 10.4. The number of Topliss-reactive ketones (excluding diaryl/α,β-unsaturated/α-hetero) is 1. The van der Waals surface area contributed by atoms with E-state index in [-0.39, 0.29) is 24.2 Å². The summed E-state index contributed by atoms with van der Waals surface area (Å²) in [5.74, 6) is -0.405. The van der Waals surface area contributed by atoms with Crippen LogP contribution in [-0.2, 0) is 16.6 Å². The third kappa shape index (κ3) is 4.15. The molecule has 0 spiro atoms. The zero-order valence-corrected chi connectivity index (χ0v) is 18.1. The molecule has 28 heavy (non-hydrogen) atoms. The predicted molar refractivity (Wildman–Crippen MR) is 109 cm³/mol. The van der Waals surface area contributed by atoms with Crippen molar-refractivity contribution in [2.45, 2.75) is 72.8 Å². The standard InChI is InChI=1S/C22H34N2O4/c1-7-13-24(21(26)17-11-9-10-12-17)16(5)20(25)18-14(3)19(22(27)28-8-2)23(6)15(18)4/h16-17H,7-13H2,1-6H3. The maximum atomic E-state index is 13.4. The summed E-state index contributed by atoms with van der Waals surface area (Å²) in [6, 6.07) is -0.553. The molecule has 156 valence electrons. The molecular weight excluding hydrogens is 356 g/mol. The Morgan fingerprint density at radius 3 is 2.32 bits per heavy atom. The van der Waals surface area contributed by atoms with Crippen molar-refractivity contribution in [3.05, 3.63) is 22.5 Å². The fourth-order valence-corrected chi connectivity index (χ4v) is 4.32. The fraction of sp³-hybridized carbons (Fsp3) is 0.682. The van der Waals surface area contributed by atoms with Crippen LogP contribution in [0.3, 0.4) is 0 Å². The van der Waals surface area contributed by atoms with Gasteiger partial charge in [0.25, 0.3) is 0 Å². The van der Waals surface area contributed by atoms with Crippen molar-refractivity contribution in [2.75, 3.05) is 13.2 Å². The molecule has 0 radical (unpaired) electrons. The summed E-state index contributed by atoms with van der Waals surface area (Å²) in [6.07, 6.45) is 4.79. The van der Waals surface area contributed by atoms with Crippen molar-refractivity contribution in [1.29, 1.82) is 0 Å². The number of carbonyl (C=O) groups is 3. The number of carbonyl (C=O) groups excluding carboxylic acids is 3. The Labute approximate surface area is 168 Å². The molecule has 0 saturated heterocycles. The zero-order chi connectivity index (χ0) is 21.0. The average Bonchev–Trinajstić information content (AvgIpc) is 3.26. The largest absolute Gasteiger partial charge is 0.461 e. The van der Waals surface area contributed by atoms with Gasteiger partial charge in [0.1, 0.15) is 5.69 Å². The highest BCUT2D eigenvalue weighted by atomic mass is 16.5. The minimum absolute atomic E-state index is 0.0369. The minimum atomic E-state index is -0.553. The van der Waals surface area contributed by atoms with E-state index >= 15 is 0 Å². The molecule has 1 aromatic heterocycles. The molecule has 1 heterocycles. The smallest absolute Gasteiger partial charge is 0.355 e. The number of rotatable bonds is 8. The quantitative estimate of drug-likeness (QED) is 0.500. The van der Waals surface area contributed by atoms with Gasteiger partial charge in [0.2, 0.25) is 5.91 Å². The van der Waals surface area contributed by atoms with Crippen molar-refractivity contribution in [1.82, 2.24) is 9.47 Å². The lowest BCUT2D eigenvalue weighted by Crippen LogP contribution is -2.46. The molecule has 1 aliphatic rings. The number of esters is 1. The van der Waals surface area contributed by atoms with E-state index in [0.717, 1.165) is 37.8 Å². The van der Waals surface area contributed by atoms with E-state index in [4.69, 9.17) is 4.74 Å². The number of hydrogen-bond acceptors (Lipinski definition) is 4. The second kappa shape index (κ2) is 9.39. The van der Waals surface area contributed by atoms with Gasteiger partial charge < -0.3 is 14.2 Å². The van der Waals surface area contributed by atoms with Crippen LogP contribution in [0.15, 0.2) is 0 Å². The molecule has 2 rings (SSSR count). The van der Waals surface area contributed by atoms with E-state index in [1.54, 1.807) is 37.3 Å². The highest BCUT2D eigenvalue weighted by Gasteiger charge is 2.35. The molecule has 0 bridgehead atoms. The summed E-state index contributed by atoms with van der Waals surface area (Å²) in [6.45, 7) is 10.0. The lowest BCUT2D eigenvalue weighted by Gasteiger charge is -2.30. The van der Waals surface area contributed by atoms with Gasteiger partial charge in [-0.25, -0.2) is 4.79 Å². The van der Waals surface area contributed by atoms with Crippen LogP contribution in [0.4, 0.5) is 0 Å². The monoisotopic (exact) mass is 390 g/mol. The number of amides is 1. The molecule has 6 nitrogen and oxygen atoms in total. The Bertz CT molecular complexity index is 744. The van der Waals surface area contributed by atoms with Crippen LogP contribution in [0.25, 0.3) is 0 Å². The minimum Gasteiger partial charge on any atom is -0.461 e. The Hall–Kier alpha value is -2.11. The predicted octanol–water partition coefficient (Wildman–Crippen LogP) is 3.82. The van der Waals surface area contributed by atoms with Crippen molar-refractivity contribution in [3.8, 4) is 0 Å². The van der Waals surface area contributed by atoms with Gasteiger partial charge in [0.05, 0.1) is 12.6 Å². The molecule has 1 unspecified atom stereocenters. The molecular formula is C22H34N2O4. The van der Waals surface area contributed by atoms with Crippen molar-refractivity contribution in [2.24, 2.45) is 13.0 Å². The van der Waals surface area contributed by atoms with Gasteiger partial charge in [0, 0.05) is 30.8 Å². The Morgan fingerprint density at radius 2 is 1.79 bits per heavy atom. The Balaban J connectivity index is 2.36. The SMILES string of the molecule is CCCN(C(=O)C1CCCC1)C(C)C(=O)c1c(C)c(C(=O)OCC)n(C)c1C. The van der Waals surface area contributed by atoms with Crippen LogP contribution in [0.1, 0.15) is 85.0 Å². The van der Waals surface area contributed by atoms with Crippen LogP contribution < -0.4 is 0 Å². The van der Waals surface area contributed by atoms with Gasteiger partial charge in [-0.05, 0) is 52.5 Å². The normalized spacial score (nSPS) is 15.5. The number of aromatic nitrogens is 1. The first-order valence-corrected chi connectivity index (χ1v) is 10.4. The Kier molecular flexibility index (Phi) is 7.44. The molecule has 0 aliphatic heterocycles. The van der Waals surface area contributed by atoms with E-state index < -0.39 is 12.0 Å². The summed E-state index contributed by atoms with van der Waals surface area (Å²) in [5, 5.41) is 0. The molecule has 1 aromatic rings. The van der Waals surface area contributed by atoms with Gasteiger partial charge >= 0.3 is 5.97 Å². The maximum absolute atomic E-state index is 13.4. The van der Waals surface area contributed by atoms with E-state index in [9.17, 15) is 14.4 Å². The second-order valence-corrected chi connectivity index (χ2v) is 7.77. The molecule has 6 heteroatoms. The third-order valence-electron chi connectivity index (χ3n) is 5.94. The lowest BCUT2D eigenvalue weighted by atomic mass is 9.98. The number of ketones is 1. The van der Waals surface area contributed by atoms with Crippen LogP contribution in [-0.4, -0.2) is 46.3 Å². The van der Waals surface area contributed by atoms with Crippen LogP contribution in [0, 0.1) is 19.8 Å². The van der Waals surface area contributed by atoms with E-state index in [1.165, 1.54) is 0 Å². The van der Waals surface area contributed by atoms with E-state index in [2.05, 4.69) is 0 Å². The number of ether oxygens (including phenoxy) is 1. The summed E-state index contributed by atoms with van der Waals surface area (Å²) < 4.78 is 6.87. The van der Waals surface area contributed by atoms with Crippen LogP contribution in [0.5, 0.6) is 0 Å². The molecule has 1 atom stereocenters. The summed E-state index contributed by atoms with van der Waals surface area (Å²) >= 11 is 0. The van der Waals surface area contributed by atoms with Crippen molar-refractivity contribution >= 4 is 17.7 Å². The molecule has 1 amide bonds. The van der Waals surface area contributed by atoms with E-state index in [1.807, 2.05) is 13.8 Å². The Morgan fingerprint density at radius 1 is 1.18 bits per heavy atom. The van der Waals surface area contributed by atoms with Gasteiger partial charge in [-0.2, -0.15) is 0 Å². The van der Waals surface area contributed by atoms with Crippen molar-refractivity contribution in [3.63, 3.8) is 0 Å². The van der Waals surface area contributed by atoms with Gasteiger partial charge in [-0.15, -0.1) is 0 Å². The highest BCUT2D eigenvalue weighted by Crippen LogP contribution is 2.29. The lowest BCUT2D eigenvalue weighted by molar-refractivity contribution is -0.136. The first kappa shape index (κ1) is 22.2. The zero-order valence-electron chi connectivity index (χ0n) is 18.1. The highest BCUT2D eigenvalue weighted by molar-refractivity contribution is 6.06. The van der Waals surface area contributed by atoms with Crippen LogP contribution in [0.2, 0.25) is 0 Å². The molecule has 1 aliphatic carbocycles. The topological polar surface area (TPSA) is 68.6 Å². The van der Waals surface area contributed by atoms with E-state index in [0.29, 0.717) is 23.4 Å². The van der Waals surface area contributed by atoms with Crippen molar-refractivity contribution < 1.29 is 19.1 Å². The number of nitrogens with zero attached hydrogens (tertiary/aromatic N) is 2. The average molecular weight is 391 g/mol. The molecule has 0 aromatic carbocycles. The first-order chi connectivity index (χ1) is 13.3. The summed E-state index contributed by atoms with van der Waals surface area (Å²) in [4.78, 5) is 40.5. The fourth-order valence-electron chi connectivity index (χ4n) is 4.32. The maximum Gasteiger partial charge on any atom is 0.355 e. The number of hydrogen-bond donors (Lipinski definition) is 0. The summed E-state index contributed by atoms with van der Waals surface area (Å²) in [7, 11) is 1.77. The van der Waals surface area contributed by atoms with Gasteiger partial charge in [-0.1, -0.05) is 19.8 Å². The second-order valence-electron chi connectivity index (χ2n) is 7.77. The van der Waals surface area contributed by atoms with Crippen LogP contribution >= 0.6 is 0 Å². The van der Waals surface area contributed by atoms with Gasteiger partial charge in [0.15, 0.2) is 5.78 Å². The summed E-state index contributed by atoms with van der Waals surface area (Å²) in [5.41, 5.74) is 2.28. The molecule has 0 N–H and O–H groups in total. The van der Waals surface area contributed by atoms with Gasteiger partial charge in [-0.3, -0.25) is 9.59 Å². The molecule has 1 fully saturated rings. The third-order valence-corrected chi connectivity index (χ3v) is 5.94.